The molecule has 0 aliphatic carbocycles. The normalized spacial score (nSPS) is 13.8. The number of rotatable bonds is 43. The second kappa shape index (κ2) is 44.3. The molecule has 2 unspecified atom stereocenters. The molecular weight excluding hydrogens is 750 g/mol. The van der Waals surface area contributed by atoms with Gasteiger partial charge in [0.1, 0.15) is 6.61 Å². The Hall–Kier alpha value is -2.29. The zero-order valence-electron chi connectivity index (χ0n) is 37.2. The third kappa shape index (κ3) is 43.3. The summed E-state index contributed by atoms with van der Waals surface area (Å²) >= 11 is 0. The Kier molecular flexibility index (Phi) is 42.5. The first kappa shape index (κ1) is 55.7. The van der Waals surface area contributed by atoms with Gasteiger partial charge < -0.3 is 19.7 Å². The van der Waals surface area contributed by atoms with E-state index in [1.807, 2.05) is 0 Å². The van der Waals surface area contributed by atoms with Crippen LogP contribution in [0.15, 0.2) is 60.8 Å². The van der Waals surface area contributed by atoms with E-state index in [-0.39, 0.29) is 32.0 Å². The Labute approximate surface area is 355 Å². The van der Waals surface area contributed by atoms with Crippen LogP contribution >= 0.6 is 7.82 Å². The third-order valence-corrected chi connectivity index (χ3v) is 10.6. The smallest absolute Gasteiger partial charge is 0.462 e. The molecule has 0 radical (unpaired) electrons. The zero-order chi connectivity index (χ0) is 42.5. The summed E-state index contributed by atoms with van der Waals surface area (Å²) in [5, 5.41) is 2.82. The number of esters is 2. The minimum Gasteiger partial charge on any atom is -0.462 e. The van der Waals surface area contributed by atoms with E-state index in [2.05, 4.69) is 79.9 Å². The molecule has 0 fully saturated rings. The third-order valence-electron chi connectivity index (χ3n) is 9.62. The van der Waals surface area contributed by atoms with Crippen LogP contribution in [0.25, 0.3) is 0 Å². The summed E-state index contributed by atoms with van der Waals surface area (Å²) < 4.78 is 33.2. The maximum Gasteiger partial charge on any atom is 0.472 e. The zero-order valence-corrected chi connectivity index (χ0v) is 38.1. The summed E-state index contributed by atoms with van der Waals surface area (Å²) in [6.07, 6.45) is 51.3. The van der Waals surface area contributed by atoms with Crippen molar-refractivity contribution in [1.29, 1.82) is 0 Å². The maximum absolute atomic E-state index is 12.6. The van der Waals surface area contributed by atoms with Gasteiger partial charge in [-0.2, -0.15) is 0 Å². The van der Waals surface area contributed by atoms with Crippen LogP contribution in [0, 0.1) is 0 Å². The largest absolute Gasteiger partial charge is 0.472 e. The van der Waals surface area contributed by atoms with Crippen molar-refractivity contribution < 1.29 is 37.6 Å². The highest BCUT2D eigenvalue weighted by atomic mass is 31.2. The number of likely N-dealkylation sites (N-methyl/N-ethyl adjacent to an activating group) is 1. The van der Waals surface area contributed by atoms with Crippen molar-refractivity contribution in [2.45, 2.75) is 200 Å². The van der Waals surface area contributed by atoms with Crippen molar-refractivity contribution in [2.75, 3.05) is 33.4 Å². The topological polar surface area (TPSA) is 120 Å². The van der Waals surface area contributed by atoms with Gasteiger partial charge in [-0.3, -0.25) is 18.6 Å². The van der Waals surface area contributed by atoms with E-state index >= 15 is 0 Å². The number of ether oxygens (including phenoxy) is 2. The average molecular weight is 836 g/mol. The van der Waals surface area contributed by atoms with Crippen LogP contribution in [0.1, 0.15) is 194 Å². The predicted octanol–water partition coefficient (Wildman–Crippen LogP) is 13.5. The molecule has 0 aliphatic heterocycles. The van der Waals surface area contributed by atoms with Crippen molar-refractivity contribution >= 4 is 19.8 Å². The van der Waals surface area contributed by atoms with E-state index in [1.54, 1.807) is 7.05 Å². The van der Waals surface area contributed by atoms with Crippen LogP contribution in [0.3, 0.4) is 0 Å². The van der Waals surface area contributed by atoms with Gasteiger partial charge >= 0.3 is 19.8 Å². The number of unbranched alkanes of at least 4 members (excludes halogenated alkanes) is 19. The summed E-state index contributed by atoms with van der Waals surface area (Å²) in [4.78, 5) is 35.1. The number of allylic oxidation sites excluding steroid dienone is 10. The Balaban J connectivity index is 4.19. The summed E-state index contributed by atoms with van der Waals surface area (Å²) in [6.45, 7) is 4.06. The number of carbonyl (C=O) groups is 2. The molecule has 2 atom stereocenters. The monoisotopic (exact) mass is 836 g/mol. The number of hydrogen-bond donors (Lipinski definition) is 2. The first-order valence-electron chi connectivity index (χ1n) is 23.2. The van der Waals surface area contributed by atoms with Crippen molar-refractivity contribution in [1.82, 2.24) is 5.32 Å². The Morgan fingerprint density at radius 1 is 0.552 bits per heavy atom. The highest BCUT2D eigenvalue weighted by molar-refractivity contribution is 7.47. The van der Waals surface area contributed by atoms with Crippen LogP contribution < -0.4 is 5.32 Å². The standard InChI is InChI=1S/C48H86NO8P/c1-4-6-8-10-12-14-16-18-20-21-22-23-24-25-27-28-30-32-34-36-38-40-47(50)54-44-46(45-56-58(52,53)55-43-42-49-3)57-48(51)41-39-37-35-33-31-29-26-19-17-15-13-11-9-7-5-2/h7,9,13,15,18-20,26,31,33,46,49H,4-6,8,10-12,14,16-17,21-25,27-30,32,34-45H2,1-3H3,(H,52,53)/b9-7-,15-13-,20-18-,26-19-,33-31-. The quantitative estimate of drug-likeness (QED) is 0.0268. The van der Waals surface area contributed by atoms with Gasteiger partial charge in [-0.25, -0.2) is 4.57 Å². The minimum atomic E-state index is -4.36. The molecule has 0 amide bonds. The Morgan fingerprint density at radius 3 is 1.52 bits per heavy atom. The van der Waals surface area contributed by atoms with Crippen LogP contribution in [0.2, 0.25) is 0 Å². The molecule has 0 bridgehead atoms. The van der Waals surface area contributed by atoms with Crippen LogP contribution in [0.4, 0.5) is 0 Å². The van der Waals surface area contributed by atoms with Crippen molar-refractivity contribution in [3.05, 3.63) is 60.8 Å². The number of phosphoric acid groups is 1. The van der Waals surface area contributed by atoms with Crippen molar-refractivity contribution in [3.8, 4) is 0 Å². The molecule has 0 aromatic carbocycles. The first-order chi connectivity index (χ1) is 28.3. The fourth-order valence-electron chi connectivity index (χ4n) is 6.13. The second-order valence-electron chi connectivity index (χ2n) is 15.2. The van der Waals surface area contributed by atoms with Crippen LogP contribution in [-0.4, -0.2) is 56.3 Å². The van der Waals surface area contributed by atoms with E-state index in [9.17, 15) is 19.0 Å². The van der Waals surface area contributed by atoms with Gasteiger partial charge in [0.15, 0.2) is 6.10 Å². The molecule has 2 N–H and O–H groups in total. The number of phosphoric ester groups is 1. The highest BCUT2D eigenvalue weighted by Crippen LogP contribution is 2.43. The molecule has 0 saturated heterocycles. The molecular formula is C48H86NO8P. The van der Waals surface area contributed by atoms with E-state index in [0.717, 1.165) is 57.8 Å². The lowest BCUT2D eigenvalue weighted by molar-refractivity contribution is -0.161. The lowest BCUT2D eigenvalue weighted by Crippen LogP contribution is -2.29. The average Bonchev–Trinajstić information content (AvgIpc) is 3.21. The molecule has 10 heteroatoms. The van der Waals surface area contributed by atoms with E-state index < -0.39 is 26.5 Å². The molecule has 0 aromatic heterocycles. The minimum absolute atomic E-state index is 0.0271. The van der Waals surface area contributed by atoms with Gasteiger partial charge in [0.05, 0.1) is 13.2 Å². The van der Waals surface area contributed by atoms with Gasteiger partial charge in [0.25, 0.3) is 0 Å². The second-order valence-corrected chi connectivity index (χ2v) is 16.7. The fraction of sp³-hybridized carbons (Fsp3) is 0.750. The molecule has 0 saturated carbocycles. The lowest BCUT2D eigenvalue weighted by Gasteiger charge is -2.20. The molecule has 336 valence electrons. The van der Waals surface area contributed by atoms with Crippen molar-refractivity contribution in [2.24, 2.45) is 0 Å². The summed E-state index contributed by atoms with van der Waals surface area (Å²) in [7, 11) is -2.67. The van der Waals surface area contributed by atoms with Gasteiger partial charge in [0, 0.05) is 19.4 Å². The van der Waals surface area contributed by atoms with E-state index in [0.29, 0.717) is 13.0 Å². The van der Waals surface area contributed by atoms with E-state index in [4.69, 9.17) is 18.5 Å². The summed E-state index contributed by atoms with van der Waals surface area (Å²) in [5.41, 5.74) is 0. The van der Waals surface area contributed by atoms with Crippen LogP contribution in [0.5, 0.6) is 0 Å². The van der Waals surface area contributed by atoms with Gasteiger partial charge in [-0.1, -0.05) is 164 Å². The molecule has 0 aromatic rings. The van der Waals surface area contributed by atoms with Gasteiger partial charge in [-0.15, -0.1) is 0 Å². The van der Waals surface area contributed by atoms with Crippen molar-refractivity contribution in [3.63, 3.8) is 0 Å². The van der Waals surface area contributed by atoms with Gasteiger partial charge in [0.2, 0.25) is 0 Å². The van der Waals surface area contributed by atoms with Crippen LogP contribution in [-0.2, 0) is 32.7 Å². The van der Waals surface area contributed by atoms with Gasteiger partial charge in [-0.05, 0) is 84.1 Å². The first-order valence-corrected chi connectivity index (χ1v) is 24.7. The lowest BCUT2D eigenvalue weighted by atomic mass is 10.0. The summed E-state index contributed by atoms with van der Waals surface area (Å²) in [6, 6.07) is 0. The molecule has 58 heavy (non-hydrogen) atoms. The number of nitrogens with one attached hydrogen (secondary N) is 1. The SMILES string of the molecule is CC/C=C\C/C=C\C/C=C\C/C=C\CCCCC(=O)OC(COC(=O)CCCCCCCCCCCCC/C=C\CCCCCCCC)COP(=O)(O)OCCNC. The molecule has 0 aliphatic rings. The molecule has 0 spiro atoms. The number of carbonyl (C=O) groups excluding carboxylic acids is 2. The highest BCUT2D eigenvalue weighted by Gasteiger charge is 2.26. The summed E-state index contributed by atoms with van der Waals surface area (Å²) in [5.74, 6) is -0.856. The predicted molar refractivity (Wildman–Crippen MR) is 243 cm³/mol. The maximum atomic E-state index is 12.6. The number of hydrogen-bond acceptors (Lipinski definition) is 8. The molecule has 0 heterocycles. The molecule has 0 rings (SSSR count). The van der Waals surface area contributed by atoms with E-state index in [1.165, 1.54) is 103 Å². The molecule has 9 nitrogen and oxygen atoms in total. The fourth-order valence-corrected chi connectivity index (χ4v) is 6.88. The Bertz CT molecular complexity index is 1130. The Morgan fingerprint density at radius 2 is 0.983 bits per heavy atom.